The molecule has 11 heteroatoms. The summed E-state index contributed by atoms with van der Waals surface area (Å²) in [5, 5.41) is 13.3. The number of nitrogens with zero attached hydrogens (tertiary/aromatic N) is 5. The Morgan fingerprint density at radius 1 is 1.00 bits per heavy atom. The summed E-state index contributed by atoms with van der Waals surface area (Å²) in [5.74, 6) is 0.123. The SMILES string of the molecule is O=C(NCc1ccc(CCN(Cc2nc3ccccc3n2C(=O)O)C2CCCc3cccnc32)cc1)c1c(Cl)cncc1Cl. The number of hydrogen-bond donors (Lipinski definition) is 2. The normalized spacial score (nSPS) is 14.5. The molecule has 0 aliphatic heterocycles. The van der Waals surface area contributed by atoms with Crippen molar-refractivity contribution >= 4 is 46.2 Å². The predicted octanol–water partition coefficient (Wildman–Crippen LogP) is 6.71. The van der Waals surface area contributed by atoms with Gasteiger partial charge in [0, 0.05) is 31.7 Å². The molecule has 0 radical (unpaired) electrons. The van der Waals surface area contributed by atoms with Crippen molar-refractivity contribution < 1.29 is 14.7 Å². The monoisotopic (exact) mass is 628 g/mol. The van der Waals surface area contributed by atoms with Gasteiger partial charge in [-0.3, -0.25) is 19.7 Å². The number of pyridine rings is 2. The number of carbonyl (C=O) groups is 2. The Kier molecular flexibility index (Phi) is 8.88. The third kappa shape index (κ3) is 6.31. The molecule has 1 unspecified atom stereocenters. The van der Waals surface area contributed by atoms with Crippen molar-refractivity contribution in [2.75, 3.05) is 6.54 Å². The van der Waals surface area contributed by atoms with Crippen LogP contribution in [0.4, 0.5) is 4.79 Å². The zero-order valence-corrected chi connectivity index (χ0v) is 25.3. The molecule has 1 aliphatic rings. The number of para-hydroxylation sites is 2. The molecule has 0 saturated heterocycles. The summed E-state index contributed by atoms with van der Waals surface area (Å²) in [7, 11) is 0. The molecule has 2 aromatic carbocycles. The Morgan fingerprint density at radius 3 is 2.52 bits per heavy atom. The highest BCUT2D eigenvalue weighted by molar-refractivity contribution is 6.39. The molecule has 1 atom stereocenters. The topological polar surface area (TPSA) is 113 Å². The lowest BCUT2D eigenvalue weighted by Gasteiger charge is -2.35. The molecule has 1 amide bonds. The number of benzene rings is 2. The Bertz CT molecular complexity index is 1800. The molecule has 0 saturated carbocycles. The van der Waals surface area contributed by atoms with E-state index in [4.69, 9.17) is 33.2 Å². The van der Waals surface area contributed by atoms with Crippen LogP contribution in [-0.4, -0.2) is 48.1 Å². The number of halogens is 2. The van der Waals surface area contributed by atoms with Crippen LogP contribution in [0.2, 0.25) is 10.0 Å². The summed E-state index contributed by atoms with van der Waals surface area (Å²) in [4.78, 5) is 40.7. The highest BCUT2D eigenvalue weighted by atomic mass is 35.5. The van der Waals surface area contributed by atoms with Gasteiger partial charge in [-0.2, -0.15) is 0 Å². The Labute approximate surface area is 264 Å². The van der Waals surface area contributed by atoms with E-state index in [9.17, 15) is 14.7 Å². The summed E-state index contributed by atoms with van der Waals surface area (Å²) >= 11 is 12.2. The van der Waals surface area contributed by atoms with Crippen LogP contribution >= 0.6 is 23.2 Å². The van der Waals surface area contributed by atoms with Gasteiger partial charge in [-0.1, -0.05) is 65.7 Å². The number of fused-ring (bicyclic) bond motifs is 2. The minimum absolute atomic E-state index is 0.0447. The number of aryl methyl sites for hydroxylation is 1. The maximum Gasteiger partial charge on any atom is 0.417 e. The van der Waals surface area contributed by atoms with Crippen LogP contribution in [0.3, 0.4) is 0 Å². The first-order valence-corrected chi connectivity index (χ1v) is 15.2. The zero-order chi connectivity index (χ0) is 30.6. The average Bonchev–Trinajstić information content (AvgIpc) is 3.40. The van der Waals surface area contributed by atoms with E-state index in [1.54, 1.807) is 6.07 Å². The first kappa shape index (κ1) is 29.7. The van der Waals surface area contributed by atoms with Gasteiger partial charge in [-0.15, -0.1) is 0 Å². The van der Waals surface area contributed by atoms with Gasteiger partial charge in [-0.25, -0.2) is 14.3 Å². The highest BCUT2D eigenvalue weighted by Gasteiger charge is 2.29. The molecule has 9 nitrogen and oxygen atoms in total. The molecule has 5 aromatic rings. The third-order valence-corrected chi connectivity index (χ3v) is 8.59. The summed E-state index contributed by atoms with van der Waals surface area (Å²) in [6.07, 6.45) is 7.24. The third-order valence-electron chi connectivity index (χ3n) is 8.02. The molecule has 2 N–H and O–H groups in total. The molecular formula is C33H30Cl2N6O3. The van der Waals surface area contributed by atoms with Crippen LogP contribution in [0, 0.1) is 0 Å². The first-order valence-electron chi connectivity index (χ1n) is 14.4. The lowest BCUT2D eigenvalue weighted by Crippen LogP contribution is -2.34. The van der Waals surface area contributed by atoms with Gasteiger partial charge in [0.25, 0.3) is 5.91 Å². The van der Waals surface area contributed by atoms with Gasteiger partial charge in [-0.05, 0) is 60.6 Å². The molecule has 6 rings (SSSR count). The van der Waals surface area contributed by atoms with Gasteiger partial charge < -0.3 is 10.4 Å². The quantitative estimate of drug-likeness (QED) is 0.186. The first-order chi connectivity index (χ1) is 21.4. The van der Waals surface area contributed by atoms with Crippen molar-refractivity contribution in [1.82, 2.24) is 29.7 Å². The van der Waals surface area contributed by atoms with Gasteiger partial charge in [0.1, 0.15) is 5.82 Å². The van der Waals surface area contributed by atoms with E-state index in [-0.39, 0.29) is 27.6 Å². The number of carboxylic acid groups (broad SMARTS) is 1. The van der Waals surface area contributed by atoms with Crippen molar-refractivity contribution in [3.05, 3.63) is 123 Å². The van der Waals surface area contributed by atoms with E-state index in [1.807, 2.05) is 54.7 Å². The number of carbonyl (C=O) groups excluding carboxylic acids is 1. The molecule has 44 heavy (non-hydrogen) atoms. The van der Waals surface area contributed by atoms with Crippen LogP contribution in [0.1, 0.15) is 57.5 Å². The maximum atomic E-state index is 12.7. The second-order valence-corrected chi connectivity index (χ2v) is 11.6. The number of nitrogens with one attached hydrogen (secondary N) is 1. The molecule has 0 bridgehead atoms. The summed E-state index contributed by atoms with van der Waals surface area (Å²) < 4.78 is 1.29. The van der Waals surface area contributed by atoms with Crippen LogP contribution in [0.5, 0.6) is 0 Å². The van der Waals surface area contributed by atoms with Crippen molar-refractivity contribution in [3.63, 3.8) is 0 Å². The summed E-state index contributed by atoms with van der Waals surface area (Å²) in [5.41, 5.74) is 5.78. The second kappa shape index (κ2) is 13.1. The minimum atomic E-state index is -1.05. The zero-order valence-electron chi connectivity index (χ0n) is 23.8. The molecule has 0 spiro atoms. The van der Waals surface area contributed by atoms with Crippen molar-refractivity contribution in [3.8, 4) is 0 Å². The molecule has 1 aliphatic carbocycles. The van der Waals surface area contributed by atoms with Crippen LogP contribution in [0.25, 0.3) is 11.0 Å². The minimum Gasteiger partial charge on any atom is -0.464 e. The highest BCUT2D eigenvalue weighted by Crippen LogP contribution is 2.34. The van der Waals surface area contributed by atoms with E-state index < -0.39 is 6.09 Å². The van der Waals surface area contributed by atoms with E-state index >= 15 is 0 Å². The van der Waals surface area contributed by atoms with Crippen LogP contribution in [-0.2, 0) is 25.9 Å². The second-order valence-electron chi connectivity index (χ2n) is 10.8. The molecular weight excluding hydrogens is 599 g/mol. The molecule has 224 valence electrons. The predicted molar refractivity (Wildman–Crippen MR) is 169 cm³/mol. The molecule has 0 fully saturated rings. The largest absolute Gasteiger partial charge is 0.464 e. The van der Waals surface area contributed by atoms with Gasteiger partial charge in [0.05, 0.1) is 44.9 Å². The average molecular weight is 630 g/mol. The van der Waals surface area contributed by atoms with E-state index in [1.165, 1.54) is 22.5 Å². The van der Waals surface area contributed by atoms with Gasteiger partial charge in [0.15, 0.2) is 0 Å². The number of hydrogen-bond acceptors (Lipinski definition) is 6. The van der Waals surface area contributed by atoms with Crippen molar-refractivity contribution in [2.45, 2.75) is 44.8 Å². The number of rotatable bonds is 9. The van der Waals surface area contributed by atoms with E-state index in [0.29, 0.717) is 36.5 Å². The summed E-state index contributed by atoms with van der Waals surface area (Å²) in [6.45, 7) is 1.36. The Morgan fingerprint density at radius 2 is 1.75 bits per heavy atom. The number of amides is 1. The van der Waals surface area contributed by atoms with Gasteiger partial charge >= 0.3 is 6.09 Å². The van der Waals surface area contributed by atoms with E-state index in [0.717, 1.165) is 42.5 Å². The molecule has 3 heterocycles. The van der Waals surface area contributed by atoms with Gasteiger partial charge in [0.2, 0.25) is 0 Å². The Hall–Kier alpha value is -4.31. The van der Waals surface area contributed by atoms with Crippen molar-refractivity contribution in [2.24, 2.45) is 0 Å². The van der Waals surface area contributed by atoms with Crippen LogP contribution < -0.4 is 5.32 Å². The number of aromatic nitrogens is 4. The maximum absolute atomic E-state index is 12.7. The summed E-state index contributed by atoms with van der Waals surface area (Å²) in [6, 6.07) is 19.5. The standard InChI is InChI=1S/C33H30Cl2N6O3/c34-24-18-36-19-25(35)30(24)32(42)38-17-22-12-10-21(11-13-22)14-16-40(28-9-3-5-23-6-4-15-37-31(23)28)20-29-39-26-7-1-2-8-27(26)41(29)33(43)44/h1-2,4,6-8,10-13,15,18-19,28H,3,5,9,14,16-17,20H2,(H,38,42)(H,43,44). The fourth-order valence-corrected chi connectivity index (χ4v) is 6.39. The fraction of sp³-hybridized carbons (Fsp3) is 0.242. The van der Waals surface area contributed by atoms with Crippen LogP contribution in [0.15, 0.2) is 79.3 Å². The van der Waals surface area contributed by atoms with Crippen molar-refractivity contribution in [1.29, 1.82) is 0 Å². The number of imidazole rings is 1. The van der Waals surface area contributed by atoms with E-state index in [2.05, 4.69) is 21.3 Å². The fourth-order valence-electron chi connectivity index (χ4n) is 5.86. The molecule has 3 aromatic heterocycles. The smallest absolute Gasteiger partial charge is 0.417 e. The lowest BCUT2D eigenvalue weighted by atomic mass is 9.90. The lowest BCUT2D eigenvalue weighted by molar-refractivity contribution is 0.0951. The Balaban J connectivity index is 1.20.